The second-order valence-electron chi connectivity index (χ2n) is 8.24. The Morgan fingerprint density at radius 2 is 2.03 bits per heavy atom. The molecule has 170 valence electrons. The molecule has 0 radical (unpaired) electrons. The summed E-state index contributed by atoms with van der Waals surface area (Å²) in [5, 5.41) is 11.6. The van der Waals surface area contributed by atoms with E-state index < -0.39 is 11.7 Å². The third-order valence-corrected chi connectivity index (χ3v) is 5.37. The number of hydrogen-bond donors (Lipinski definition) is 3. The zero-order chi connectivity index (χ0) is 23.4. The number of primary amides is 1. The van der Waals surface area contributed by atoms with E-state index in [0.29, 0.717) is 11.6 Å². The molecule has 1 amide bonds. The van der Waals surface area contributed by atoms with E-state index in [1.807, 2.05) is 36.7 Å². The molecule has 0 bridgehead atoms. The molecule has 1 unspecified atom stereocenters. The van der Waals surface area contributed by atoms with Crippen LogP contribution in [-0.4, -0.2) is 39.5 Å². The van der Waals surface area contributed by atoms with Gasteiger partial charge >= 0.3 is 0 Å². The summed E-state index contributed by atoms with van der Waals surface area (Å²) in [7, 11) is 0. The van der Waals surface area contributed by atoms with Gasteiger partial charge in [0.2, 0.25) is 0 Å². The van der Waals surface area contributed by atoms with Crippen LogP contribution in [0.25, 0.3) is 10.9 Å². The molecule has 0 aliphatic carbocycles. The monoisotopic (exact) mass is 439 g/mol. The average Bonchev–Trinajstić information content (AvgIpc) is 3.16. The van der Waals surface area contributed by atoms with Crippen LogP contribution in [-0.2, 0) is 6.54 Å². The second kappa shape index (κ2) is 9.76. The summed E-state index contributed by atoms with van der Waals surface area (Å²) in [5.41, 5.74) is 7.08. The Morgan fingerprint density at radius 3 is 2.66 bits per heavy atom. The second-order valence-corrected chi connectivity index (χ2v) is 8.24. The van der Waals surface area contributed by atoms with Crippen LogP contribution in [0.1, 0.15) is 44.5 Å². The fourth-order valence-corrected chi connectivity index (χ4v) is 3.60. The summed E-state index contributed by atoms with van der Waals surface area (Å²) in [6.07, 6.45) is 2.54. The number of nitrogens with zero attached hydrogens (tertiary/aromatic N) is 4. The first-order valence-electron chi connectivity index (χ1n) is 10.7. The molecule has 32 heavy (non-hydrogen) atoms. The van der Waals surface area contributed by atoms with Gasteiger partial charge in [-0.25, -0.2) is 9.37 Å². The van der Waals surface area contributed by atoms with Gasteiger partial charge in [-0.15, -0.1) is 0 Å². The summed E-state index contributed by atoms with van der Waals surface area (Å²) < 4.78 is 16.7. The number of rotatable bonds is 10. The quantitative estimate of drug-likeness (QED) is 0.407. The maximum Gasteiger partial charge on any atom is 0.252 e. The Bertz CT molecular complexity index is 1120. The Labute approximate surface area is 187 Å². The molecule has 1 aromatic carbocycles. The van der Waals surface area contributed by atoms with Crippen molar-refractivity contribution in [1.82, 2.24) is 14.8 Å². The van der Waals surface area contributed by atoms with Crippen LogP contribution in [0, 0.1) is 11.7 Å². The van der Waals surface area contributed by atoms with Crippen molar-refractivity contribution in [3.05, 3.63) is 41.8 Å². The summed E-state index contributed by atoms with van der Waals surface area (Å²) in [6.45, 7) is 12.4. The van der Waals surface area contributed by atoms with Gasteiger partial charge in [0.15, 0.2) is 11.6 Å². The Balaban J connectivity index is 1.99. The highest BCUT2D eigenvalue weighted by Gasteiger charge is 2.22. The third kappa shape index (κ3) is 5.04. The van der Waals surface area contributed by atoms with E-state index in [1.54, 1.807) is 6.20 Å². The van der Waals surface area contributed by atoms with E-state index in [0.717, 1.165) is 29.9 Å². The maximum atomic E-state index is 14.8. The molecular weight excluding hydrogens is 409 g/mol. The van der Waals surface area contributed by atoms with Gasteiger partial charge in [-0.3, -0.25) is 14.5 Å². The highest BCUT2D eigenvalue weighted by atomic mass is 19.1. The number of anilines is 3. The number of carbonyl (C=O) groups excluding carboxylic acids is 1. The SMILES string of the molecule is C=N[C@@H](C)C(CC(C)C)Nc1nc(Nc2ccc3cnn(CC)c3c2)c(C(N)=O)cc1F. The van der Waals surface area contributed by atoms with E-state index in [9.17, 15) is 9.18 Å². The van der Waals surface area contributed by atoms with Crippen LogP contribution in [0.4, 0.5) is 21.7 Å². The number of halogens is 1. The number of fused-ring (bicyclic) bond motifs is 1. The Morgan fingerprint density at radius 1 is 1.28 bits per heavy atom. The molecule has 8 nitrogen and oxygen atoms in total. The fraction of sp³-hybridized carbons (Fsp3) is 0.391. The van der Waals surface area contributed by atoms with Gasteiger partial charge in [0.1, 0.15) is 5.82 Å². The third-order valence-electron chi connectivity index (χ3n) is 5.37. The number of pyridine rings is 1. The minimum atomic E-state index is -0.773. The summed E-state index contributed by atoms with van der Waals surface area (Å²) in [5.74, 6) is -0.875. The number of hydrogen-bond acceptors (Lipinski definition) is 6. The molecule has 2 atom stereocenters. The number of carbonyl (C=O) groups is 1. The zero-order valence-corrected chi connectivity index (χ0v) is 18.9. The van der Waals surface area contributed by atoms with E-state index in [2.05, 4.69) is 46.3 Å². The lowest BCUT2D eigenvalue weighted by atomic mass is 9.98. The molecular formula is C23H30FN7O. The Kier molecular flexibility index (Phi) is 7.07. The van der Waals surface area contributed by atoms with Gasteiger partial charge in [0, 0.05) is 23.7 Å². The summed E-state index contributed by atoms with van der Waals surface area (Å²) in [6, 6.07) is 6.45. The molecule has 0 aliphatic heterocycles. The number of benzene rings is 1. The lowest BCUT2D eigenvalue weighted by Gasteiger charge is -2.25. The number of aryl methyl sites for hydroxylation is 1. The van der Waals surface area contributed by atoms with Crippen molar-refractivity contribution in [1.29, 1.82) is 0 Å². The maximum absolute atomic E-state index is 14.8. The van der Waals surface area contributed by atoms with E-state index >= 15 is 0 Å². The molecule has 0 saturated carbocycles. The number of aliphatic imine (C=N–C) groups is 1. The zero-order valence-electron chi connectivity index (χ0n) is 18.9. The van der Waals surface area contributed by atoms with Crippen molar-refractivity contribution in [2.24, 2.45) is 16.6 Å². The van der Waals surface area contributed by atoms with E-state index in [-0.39, 0.29) is 29.3 Å². The van der Waals surface area contributed by atoms with Gasteiger partial charge in [-0.05, 0) is 57.2 Å². The highest BCUT2D eigenvalue weighted by Crippen LogP contribution is 2.27. The smallest absolute Gasteiger partial charge is 0.252 e. The van der Waals surface area contributed by atoms with Gasteiger partial charge < -0.3 is 16.4 Å². The van der Waals surface area contributed by atoms with Crippen LogP contribution in [0.3, 0.4) is 0 Å². The van der Waals surface area contributed by atoms with Crippen LogP contribution >= 0.6 is 0 Å². The van der Waals surface area contributed by atoms with Gasteiger partial charge in [0.25, 0.3) is 5.91 Å². The number of nitrogens with one attached hydrogen (secondary N) is 2. The normalized spacial score (nSPS) is 13.2. The predicted molar refractivity (Wildman–Crippen MR) is 127 cm³/mol. The van der Waals surface area contributed by atoms with E-state index in [1.165, 1.54) is 0 Å². The number of nitrogens with two attached hydrogens (primary N) is 1. The minimum absolute atomic E-state index is 0.0262. The molecule has 2 aromatic heterocycles. The van der Waals surface area contributed by atoms with Gasteiger partial charge in [-0.1, -0.05) is 13.8 Å². The first-order chi connectivity index (χ1) is 15.2. The molecule has 4 N–H and O–H groups in total. The fourth-order valence-electron chi connectivity index (χ4n) is 3.60. The van der Waals surface area contributed by atoms with Crippen molar-refractivity contribution in [3.8, 4) is 0 Å². The summed E-state index contributed by atoms with van der Waals surface area (Å²) >= 11 is 0. The first kappa shape index (κ1) is 23.2. The van der Waals surface area contributed by atoms with Gasteiger partial charge in [0.05, 0.1) is 23.3 Å². The van der Waals surface area contributed by atoms with Crippen LogP contribution in [0.2, 0.25) is 0 Å². The van der Waals surface area contributed by atoms with E-state index in [4.69, 9.17) is 5.73 Å². The highest BCUT2D eigenvalue weighted by molar-refractivity contribution is 5.99. The molecule has 0 spiro atoms. The van der Waals surface area contributed by atoms with Crippen LogP contribution < -0.4 is 16.4 Å². The van der Waals surface area contributed by atoms with Crippen molar-refractivity contribution in [2.45, 2.75) is 52.7 Å². The predicted octanol–water partition coefficient (Wildman–Crippen LogP) is 4.35. The lowest BCUT2D eigenvalue weighted by Crippen LogP contribution is -2.32. The van der Waals surface area contributed by atoms with Crippen LogP contribution in [0.15, 0.2) is 35.5 Å². The molecule has 9 heteroatoms. The standard InChI is InChI=1S/C23H30FN7O/c1-6-31-20-10-16(8-7-15(20)12-27-31)28-22-17(21(25)32)11-18(24)23(30-22)29-19(9-13(2)3)14(4)26-5/h7-8,10-14,19H,5-6,9H2,1-4H3,(H2,25,32)(H2,28,29,30)/t14-,19?/m0/s1. The van der Waals surface area contributed by atoms with Gasteiger partial charge in [-0.2, -0.15) is 5.10 Å². The molecule has 0 saturated heterocycles. The Hall–Kier alpha value is -3.49. The summed E-state index contributed by atoms with van der Waals surface area (Å²) in [4.78, 5) is 20.5. The average molecular weight is 440 g/mol. The number of amides is 1. The van der Waals surface area contributed by atoms with Crippen molar-refractivity contribution in [2.75, 3.05) is 10.6 Å². The molecule has 2 heterocycles. The molecule has 0 fully saturated rings. The van der Waals surface area contributed by atoms with Crippen molar-refractivity contribution in [3.63, 3.8) is 0 Å². The molecule has 3 aromatic rings. The molecule has 3 rings (SSSR count). The van der Waals surface area contributed by atoms with Crippen LogP contribution in [0.5, 0.6) is 0 Å². The lowest BCUT2D eigenvalue weighted by molar-refractivity contribution is 0.100. The first-order valence-corrected chi connectivity index (χ1v) is 10.7. The molecule has 0 aliphatic rings. The van der Waals surface area contributed by atoms with Crippen molar-refractivity contribution < 1.29 is 9.18 Å². The minimum Gasteiger partial charge on any atom is -0.365 e. The van der Waals surface area contributed by atoms with Crippen molar-refractivity contribution >= 4 is 40.9 Å². The number of aromatic nitrogens is 3. The largest absolute Gasteiger partial charge is 0.365 e. The topological polar surface area (TPSA) is 110 Å².